The van der Waals surface area contributed by atoms with Gasteiger partial charge in [0.15, 0.2) is 0 Å². The standard InChI is InChI=1S/C66H99O7P/c1-10-19-37-55-49-52-34-28-31-40-58(52)61(64(55,43-22-13-4)68-46-25-16-7)71-74(67,72-62-59-41-32-29-35-53(59)50-56(38-20-11-2)65(62,44-23-14-5)69-47-26-17-8)73-63-60-42-33-30-36-54(60)51-57(39-21-12-3)66(63,45-24-15-6)70-48-27-18-9/h28-36,40-42,49-51,61-63H,10-27,37-39,43-48H2,1-9H3. The maximum atomic E-state index is 18.0. The van der Waals surface area contributed by atoms with Gasteiger partial charge in [0.25, 0.3) is 0 Å². The molecule has 3 aromatic rings. The minimum absolute atomic E-state index is 0.553. The average molecular weight is 1040 g/mol. The van der Waals surface area contributed by atoms with Crippen LogP contribution >= 0.6 is 7.82 Å². The lowest BCUT2D eigenvalue weighted by Crippen LogP contribution is -2.47. The van der Waals surface area contributed by atoms with Gasteiger partial charge in [-0.2, -0.15) is 0 Å². The molecule has 410 valence electrons. The van der Waals surface area contributed by atoms with Gasteiger partial charge in [-0.15, -0.1) is 0 Å². The Morgan fingerprint density at radius 1 is 0.365 bits per heavy atom. The van der Waals surface area contributed by atoms with Crippen LogP contribution in [0.15, 0.2) is 89.5 Å². The quantitative estimate of drug-likeness (QED) is 0.0424. The highest BCUT2D eigenvalue weighted by molar-refractivity contribution is 7.48. The highest BCUT2D eigenvalue weighted by atomic mass is 31.2. The summed E-state index contributed by atoms with van der Waals surface area (Å²) >= 11 is 0. The van der Waals surface area contributed by atoms with Crippen molar-refractivity contribution in [1.29, 1.82) is 0 Å². The Hall–Kier alpha value is -3.13. The largest absolute Gasteiger partial charge is 0.476 e. The summed E-state index contributed by atoms with van der Waals surface area (Å²) in [4.78, 5) is 0. The van der Waals surface area contributed by atoms with E-state index in [1.807, 2.05) is 0 Å². The van der Waals surface area contributed by atoms with Crippen LogP contribution in [-0.4, -0.2) is 36.6 Å². The van der Waals surface area contributed by atoms with E-state index in [1.165, 1.54) is 16.7 Å². The monoisotopic (exact) mass is 1030 g/mol. The molecule has 0 aromatic heterocycles. The average Bonchev–Trinajstić information content (AvgIpc) is 3.42. The fourth-order valence-corrected chi connectivity index (χ4v) is 13.6. The van der Waals surface area contributed by atoms with Gasteiger partial charge in [0.05, 0.1) is 0 Å². The number of benzene rings is 3. The van der Waals surface area contributed by atoms with E-state index in [4.69, 9.17) is 27.8 Å². The van der Waals surface area contributed by atoms with Gasteiger partial charge in [-0.3, -0.25) is 13.6 Å². The van der Waals surface area contributed by atoms with Crippen molar-refractivity contribution < 1.29 is 32.3 Å². The Morgan fingerprint density at radius 2 is 0.622 bits per heavy atom. The molecule has 8 heteroatoms. The fraction of sp³-hybridized carbons (Fsp3) is 0.636. The Bertz CT molecular complexity index is 2050. The van der Waals surface area contributed by atoms with Gasteiger partial charge in [-0.05, 0) is 127 Å². The van der Waals surface area contributed by atoms with Crippen molar-refractivity contribution >= 4 is 26.1 Å². The molecule has 6 atom stereocenters. The zero-order valence-corrected chi connectivity index (χ0v) is 48.7. The lowest BCUT2D eigenvalue weighted by Gasteiger charge is -2.50. The molecule has 0 spiro atoms. The summed E-state index contributed by atoms with van der Waals surface area (Å²) in [6, 6.07) is 25.6. The van der Waals surface area contributed by atoms with Crippen LogP contribution in [0.1, 0.15) is 268 Å². The van der Waals surface area contributed by atoms with Crippen LogP contribution in [0.3, 0.4) is 0 Å². The highest BCUT2D eigenvalue weighted by Gasteiger charge is 2.58. The highest BCUT2D eigenvalue weighted by Crippen LogP contribution is 2.68. The maximum Gasteiger partial charge on any atom is 0.476 e. The van der Waals surface area contributed by atoms with Gasteiger partial charge < -0.3 is 14.2 Å². The lowest BCUT2D eigenvalue weighted by atomic mass is 9.73. The number of fused-ring (bicyclic) bond motifs is 3. The third kappa shape index (κ3) is 14.1. The molecule has 0 amide bonds. The number of ether oxygens (including phenoxy) is 3. The predicted molar refractivity (Wildman–Crippen MR) is 310 cm³/mol. The molecule has 3 aliphatic rings. The molecular formula is C66H99O7P. The van der Waals surface area contributed by atoms with Crippen LogP contribution in [-0.2, 0) is 32.3 Å². The topological polar surface area (TPSA) is 72.5 Å². The molecule has 0 saturated heterocycles. The van der Waals surface area contributed by atoms with E-state index in [0.29, 0.717) is 39.1 Å². The molecule has 6 unspecified atom stereocenters. The Labute approximate surface area is 450 Å². The first-order valence-corrected chi connectivity index (χ1v) is 31.6. The van der Waals surface area contributed by atoms with E-state index in [2.05, 4.69) is 153 Å². The molecule has 0 radical (unpaired) electrons. The minimum Gasteiger partial charge on any atom is -0.368 e. The first kappa shape index (κ1) is 60.1. The van der Waals surface area contributed by atoms with Crippen molar-refractivity contribution in [3.63, 3.8) is 0 Å². The summed E-state index contributed by atoms with van der Waals surface area (Å²) in [5.41, 5.74) is 6.80. The zero-order valence-electron chi connectivity index (χ0n) is 47.8. The molecule has 0 saturated carbocycles. The third-order valence-corrected chi connectivity index (χ3v) is 17.5. The number of phosphoric ester groups is 1. The van der Waals surface area contributed by atoms with Gasteiger partial charge >= 0.3 is 7.82 Å². The number of hydrogen-bond donors (Lipinski definition) is 0. The van der Waals surface area contributed by atoms with Crippen LogP contribution in [0, 0.1) is 0 Å². The van der Waals surface area contributed by atoms with Crippen LogP contribution in [0.5, 0.6) is 0 Å². The summed E-state index contributed by atoms with van der Waals surface area (Å²) in [5.74, 6) is 0. The Morgan fingerprint density at radius 3 is 0.878 bits per heavy atom. The lowest BCUT2D eigenvalue weighted by molar-refractivity contribution is -0.149. The van der Waals surface area contributed by atoms with E-state index in [-0.39, 0.29) is 0 Å². The SMILES string of the molecule is CCCCOC1(CCCC)C(CCCC)=Cc2ccccc2C1OP(=O)(OC1c2ccccc2C=C(CCCC)C1(CCCC)OCCCC)OC1c2ccccc2C=C(CCCC)C1(CCCC)OCCCC. The van der Waals surface area contributed by atoms with Crippen molar-refractivity contribution in [2.24, 2.45) is 0 Å². The summed E-state index contributed by atoms with van der Waals surface area (Å²) in [5, 5.41) is 0. The van der Waals surface area contributed by atoms with Gasteiger partial charge in [0, 0.05) is 19.8 Å². The summed E-state index contributed by atoms with van der Waals surface area (Å²) in [6.45, 7) is 21.8. The summed E-state index contributed by atoms with van der Waals surface area (Å²) in [7, 11) is -4.82. The number of unbranched alkanes of at least 4 members (excludes halogenated alkanes) is 9. The molecule has 74 heavy (non-hydrogen) atoms. The molecule has 0 aliphatic heterocycles. The first-order valence-electron chi connectivity index (χ1n) is 30.1. The van der Waals surface area contributed by atoms with Crippen molar-refractivity contribution in [1.82, 2.24) is 0 Å². The van der Waals surface area contributed by atoms with E-state index >= 15 is 4.57 Å². The number of hydrogen-bond acceptors (Lipinski definition) is 7. The Kier molecular flexibility index (Phi) is 24.5. The van der Waals surface area contributed by atoms with Crippen molar-refractivity contribution in [2.45, 2.75) is 252 Å². The van der Waals surface area contributed by atoms with Crippen molar-refractivity contribution in [3.8, 4) is 0 Å². The molecule has 3 aliphatic carbocycles. The van der Waals surface area contributed by atoms with Gasteiger partial charge in [-0.25, -0.2) is 4.57 Å². The fourth-order valence-electron chi connectivity index (χ4n) is 11.8. The van der Waals surface area contributed by atoms with Crippen molar-refractivity contribution in [3.05, 3.63) is 123 Å². The van der Waals surface area contributed by atoms with E-state index < -0.39 is 42.9 Å². The third-order valence-electron chi connectivity index (χ3n) is 16.1. The van der Waals surface area contributed by atoms with Gasteiger partial charge in [0.2, 0.25) is 0 Å². The van der Waals surface area contributed by atoms with Crippen LogP contribution < -0.4 is 0 Å². The molecule has 6 rings (SSSR count). The minimum atomic E-state index is -4.82. The van der Waals surface area contributed by atoms with Crippen LogP contribution in [0.25, 0.3) is 18.2 Å². The van der Waals surface area contributed by atoms with E-state index in [1.54, 1.807) is 0 Å². The predicted octanol–water partition coefficient (Wildman–Crippen LogP) is 20.4. The van der Waals surface area contributed by atoms with Crippen LogP contribution in [0.4, 0.5) is 0 Å². The normalized spacial score (nSPS) is 24.1. The molecular weight excluding hydrogens is 936 g/mol. The van der Waals surface area contributed by atoms with Gasteiger partial charge in [0.1, 0.15) is 35.1 Å². The second-order valence-corrected chi connectivity index (χ2v) is 23.2. The van der Waals surface area contributed by atoms with E-state index in [0.717, 1.165) is 168 Å². The summed E-state index contributed by atoms with van der Waals surface area (Å²) < 4.78 is 64.0. The second-order valence-electron chi connectivity index (χ2n) is 21.7. The smallest absolute Gasteiger partial charge is 0.368 e. The van der Waals surface area contributed by atoms with Crippen molar-refractivity contribution in [2.75, 3.05) is 19.8 Å². The summed E-state index contributed by atoms with van der Waals surface area (Å²) in [6.07, 6.45) is 26.7. The maximum absolute atomic E-state index is 18.0. The first-order chi connectivity index (χ1) is 36.1. The Balaban J connectivity index is 1.70. The second kappa shape index (κ2) is 30.1. The zero-order chi connectivity index (χ0) is 52.9. The van der Waals surface area contributed by atoms with E-state index in [9.17, 15) is 0 Å². The number of rotatable bonds is 36. The number of phosphoric acid groups is 1. The molecule has 3 aromatic carbocycles. The van der Waals surface area contributed by atoms with Gasteiger partial charge in [-0.1, -0.05) is 230 Å². The molecule has 0 heterocycles. The molecule has 7 nitrogen and oxygen atoms in total. The molecule has 0 N–H and O–H groups in total. The molecule has 0 bridgehead atoms. The van der Waals surface area contributed by atoms with Crippen LogP contribution in [0.2, 0.25) is 0 Å². The molecule has 0 fully saturated rings.